The fourth-order valence-corrected chi connectivity index (χ4v) is 7.76. The fourth-order valence-electron chi connectivity index (χ4n) is 7.76. The molecule has 2 aliphatic heterocycles. The Morgan fingerprint density at radius 3 is 0.679 bits per heavy atom. The van der Waals surface area contributed by atoms with Gasteiger partial charge in [-0.05, 0) is 72.8 Å². The first-order valence-corrected chi connectivity index (χ1v) is 17.7. The van der Waals surface area contributed by atoms with Crippen molar-refractivity contribution in [3.63, 3.8) is 0 Å². The maximum absolute atomic E-state index is 5.77. The van der Waals surface area contributed by atoms with Gasteiger partial charge in [0.25, 0.3) is 0 Å². The van der Waals surface area contributed by atoms with Crippen molar-refractivity contribution in [3.05, 3.63) is 72.8 Å². The highest BCUT2D eigenvalue weighted by molar-refractivity contribution is 6.11. The van der Waals surface area contributed by atoms with Gasteiger partial charge in [0.2, 0.25) is 0 Å². The van der Waals surface area contributed by atoms with Gasteiger partial charge in [0.1, 0.15) is 0 Å². The van der Waals surface area contributed by atoms with Gasteiger partial charge in [0, 0.05) is 65.9 Å². The summed E-state index contributed by atoms with van der Waals surface area (Å²) in [5, 5.41) is 3.62. The molecule has 0 atom stereocenters. The number of nitrogens with one attached hydrogen (secondary N) is 2. The van der Waals surface area contributed by atoms with Crippen LogP contribution in [0.5, 0.6) is 46.0 Å². The third-order valence-corrected chi connectivity index (χ3v) is 10.5. The zero-order valence-electron chi connectivity index (χ0n) is 32.1. The summed E-state index contributed by atoms with van der Waals surface area (Å²) in [7, 11) is 13.0. The van der Waals surface area contributed by atoms with Gasteiger partial charge in [-0.3, -0.25) is 0 Å². The quantitative estimate of drug-likeness (QED) is 0.155. The summed E-state index contributed by atoms with van der Waals surface area (Å²) in [4.78, 5) is 17.9. The van der Waals surface area contributed by atoms with Crippen molar-refractivity contribution in [1.29, 1.82) is 0 Å². The molecule has 0 amide bonds. The van der Waals surface area contributed by atoms with Crippen molar-refractivity contribution < 1.29 is 37.9 Å². The van der Waals surface area contributed by atoms with Crippen LogP contribution in [0.4, 0.5) is 0 Å². The molecule has 9 rings (SSSR count). The highest BCUT2D eigenvalue weighted by atomic mass is 16.5. The molecule has 7 aromatic rings. The standard InChI is InChI=1S/C44H38N4O8/c1-49-37-9-21-22(10-38(37)50-2)30-18-32-25-13-41(53-5)42(54-6)14-26(25)34(47-32)20-36-28-16-44(56-8)43(55-7)15-27(28)35(48-36)19-33-24-12-40(52-4)39(51-3)11-23(24)31(46-33)17-29(21)45-30/h9-20,45,48H,1-8H3. The van der Waals surface area contributed by atoms with E-state index < -0.39 is 0 Å². The van der Waals surface area contributed by atoms with Crippen molar-refractivity contribution in [1.82, 2.24) is 19.9 Å². The summed E-state index contributed by atoms with van der Waals surface area (Å²) in [5.74, 6) is 4.74. The minimum atomic E-state index is 0.590. The smallest absolute Gasteiger partial charge is 0.161 e. The molecule has 0 aliphatic carbocycles. The molecule has 0 fully saturated rings. The lowest BCUT2D eigenvalue weighted by Gasteiger charge is -2.10. The Balaban J connectivity index is 1.50. The molecule has 56 heavy (non-hydrogen) atoms. The molecule has 0 spiro atoms. The van der Waals surface area contributed by atoms with Gasteiger partial charge >= 0.3 is 0 Å². The number of hydrogen-bond acceptors (Lipinski definition) is 10. The molecule has 2 aliphatic rings. The van der Waals surface area contributed by atoms with Gasteiger partial charge in [-0.25, -0.2) is 9.97 Å². The molecule has 12 nitrogen and oxygen atoms in total. The maximum atomic E-state index is 5.77. The van der Waals surface area contributed by atoms with Crippen molar-refractivity contribution in [3.8, 4) is 91.0 Å². The molecule has 8 bridgehead atoms. The predicted octanol–water partition coefficient (Wildman–Crippen LogP) is 9.36. The Labute approximate surface area is 321 Å². The Hall–Kier alpha value is -7.08. The number of hydrogen-bond donors (Lipinski definition) is 2. The number of rotatable bonds is 8. The monoisotopic (exact) mass is 750 g/mol. The number of aromatic nitrogens is 4. The number of H-pyrrole nitrogens is 2. The molecule has 5 heterocycles. The molecule has 12 heteroatoms. The van der Waals surface area contributed by atoms with Gasteiger partial charge in [0.15, 0.2) is 46.0 Å². The number of fused-ring (bicyclic) bond motifs is 20. The number of nitrogens with zero attached hydrogens (tertiary/aromatic N) is 2. The molecular weight excluding hydrogens is 713 g/mol. The van der Waals surface area contributed by atoms with Crippen LogP contribution in [0.3, 0.4) is 0 Å². The molecule has 0 unspecified atom stereocenters. The maximum Gasteiger partial charge on any atom is 0.161 e. The lowest BCUT2D eigenvalue weighted by atomic mass is 10.0. The van der Waals surface area contributed by atoms with Crippen molar-refractivity contribution in [2.75, 3.05) is 56.9 Å². The van der Waals surface area contributed by atoms with Crippen molar-refractivity contribution >= 4 is 43.6 Å². The number of ether oxygens (including phenoxy) is 8. The minimum Gasteiger partial charge on any atom is -0.493 e. The van der Waals surface area contributed by atoms with Crippen LogP contribution < -0.4 is 37.9 Å². The molecule has 0 radical (unpaired) electrons. The second-order valence-electron chi connectivity index (χ2n) is 13.3. The highest BCUT2D eigenvalue weighted by Crippen LogP contribution is 2.47. The molecule has 282 valence electrons. The molecule has 3 aromatic heterocycles. The van der Waals surface area contributed by atoms with E-state index >= 15 is 0 Å². The topological polar surface area (TPSA) is 131 Å². The molecule has 0 saturated heterocycles. The summed E-state index contributed by atoms with van der Waals surface area (Å²) < 4.78 is 46.2. The van der Waals surface area contributed by atoms with Crippen LogP contribution in [0.2, 0.25) is 0 Å². The first-order chi connectivity index (χ1) is 27.3. The number of methoxy groups -OCH3 is 8. The third kappa shape index (κ3) is 5.28. The summed E-state index contributed by atoms with van der Waals surface area (Å²) in [6.45, 7) is 0. The largest absolute Gasteiger partial charge is 0.493 e. The first kappa shape index (κ1) is 34.7. The summed E-state index contributed by atoms with van der Waals surface area (Å²) in [6, 6.07) is 23.9. The van der Waals surface area contributed by atoms with E-state index in [9.17, 15) is 0 Å². The van der Waals surface area contributed by atoms with E-state index in [0.717, 1.165) is 88.6 Å². The zero-order chi connectivity index (χ0) is 38.8. The third-order valence-electron chi connectivity index (χ3n) is 10.5. The SMILES string of the molecule is COc1cc2c(cc1OC)-c1cc3[nH]c(cc4nc(cc5[nH]c(cc-2n1)c1cc(OC)c(OC)cc51)-c1cc(OC)c(OC)cc1-4)c1cc(OC)c(OC)cc31. The Kier molecular flexibility index (Phi) is 8.26. The molecular formula is C44H38N4O8. The zero-order valence-corrected chi connectivity index (χ0v) is 32.1. The van der Waals surface area contributed by atoms with Crippen LogP contribution in [-0.2, 0) is 0 Å². The Bertz CT molecular complexity index is 2550. The molecule has 2 N–H and O–H groups in total. The Morgan fingerprint density at radius 1 is 0.286 bits per heavy atom. The van der Waals surface area contributed by atoms with Crippen LogP contribution in [0, 0.1) is 0 Å². The van der Waals surface area contributed by atoms with Gasteiger partial charge < -0.3 is 47.9 Å². The molecule has 0 saturated carbocycles. The van der Waals surface area contributed by atoms with Gasteiger partial charge in [0.05, 0.1) is 79.7 Å². The highest BCUT2D eigenvalue weighted by Gasteiger charge is 2.24. The second kappa shape index (κ2) is 13.3. The van der Waals surface area contributed by atoms with Crippen LogP contribution in [-0.4, -0.2) is 76.8 Å². The summed E-state index contributed by atoms with van der Waals surface area (Å²) in [5.41, 5.74) is 9.65. The van der Waals surface area contributed by atoms with Crippen LogP contribution in [0.15, 0.2) is 72.8 Å². The lowest BCUT2D eigenvalue weighted by molar-refractivity contribution is 0.355. The van der Waals surface area contributed by atoms with E-state index in [0.29, 0.717) is 46.0 Å². The van der Waals surface area contributed by atoms with Crippen molar-refractivity contribution in [2.24, 2.45) is 0 Å². The van der Waals surface area contributed by atoms with E-state index in [2.05, 4.69) is 9.97 Å². The summed E-state index contributed by atoms with van der Waals surface area (Å²) in [6.07, 6.45) is 0. The Morgan fingerprint density at radius 2 is 0.482 bits per heavy atom. The van der Waals surface area contributed by atoms with E-state index in [1.807, 2.05) is 72.8 Å². The average Bonchev–Trinajstić information content (AvgIpc) is 3.95. The van der Waals surface area contributed by atoms with Crippen LogP contribution >= 0.6 is 0 Å². The second-order valence-corrected chi connectivity index (χ2v) is 13.3. The van der Waals surface area contributed by atoms with Gasteiger partial charge in [-0.1, -0.05) is 0 Å². The predicted molar refractivity (Wildman–Crippen MR) is 217 cm³/mol. The van der Waals surface area contributed by atoms with E-state index in [1.165, 1.54) is 0 Å². The van der Waals surface area contributed by atoms with E-state index in [1.54, 1.807) is 56.9 Å². The fraction of sp³-hybridized carbons (Fsp3) is 0.182. The first-order valence-electron chi connectivity index (χ1n) is 17.7. The van der Waals surface area contributed by atoms with Crippen LogP contribution in [0.1, 0.15) is 0 Å². The summed E-state index contributed by atoms with van der Waals surface area (Å²) >= 11 is 0. The average molecular weight is 751 g/mol. The minimum absolute atomic E-state index is 0.590. The van der Waals surface area contributed by atoms with Crippen molar-refractivity contribution in [2.45, 2.75) is 0 Å². The number of benzene rings is 4. The van der Waals surface area contributed by atoms with E-state index in [4.69, 9.17) is 47.9 Å². The molecule has 4 aromatic carbocycles. The normalized spacial score (nSPS) is 11.6. The number of aromatic amines is 2. The van der Waals surface area contributed by atoms with Gasteiger partial charge in [-0.15, -0.1) is 0 Å². The van der Waals surface area contributed by atoms with Gasteiger partial charge in [-0.2, -0.15) is 0 Å². The van der Waals surface area contributed by atoms with Crippen LogP contribution in [0.25, 0.3) is 88.6 Å². The lowest BCUT2D eigenvalue weighted by Crippen LogP contribution is -1.91. The van der Waals surface area contributed by atoms with E-state index in [-0.39, 0.29) is 0 Å².